The summed E-state index contributed by atoms with van der Waals surface area (Å²) >= 11 is 0. The first-order valence-corrected chi connectivity index (χ1v) is 7.76. The van der Waals surface area contributed by atoms with E-state index in [1.165, 1.54) is 38.0 Å². The summed E-state index contributed by atoms with van der Waals surface area (Å²) in [7, 11) is 0. The number of aromatic nitrogens is 2. The molecule has 19 heavy (non-hydrogen) atoms. The Balaban J connectivity index is 1.71. The fourth-order valence-electron chi connectivity index (χ4n) is 2.82. The van der Waals surface area contributed by atoms with Crippen LogP contribution in [0.5, 0.6) is 0 Å². The Morgan fingerprint density at radius 3 is 2.84 bits per heavy atom. The molecule has 2 rings (SSSR count). The Morgan fingerprint density at radius 1 is 1.32 bits per heavy atom. The zero-order valence-electron chi connectivity index (χ0n) is 12.4. The van der Waals surface area contributed by atoms with E-state index in [-0.39, 0.29) is 0 Å². The van der Waals surface area contributed by atoms with Crippen molar-refractivity contribution in [2.75, 3.05) is 19.6 Å². The highest BCUT2D eigenvalue weighted by Crippen LogP contribution is 2.11. The molecule has 2 heterocycles. The van der Waals surface area contributed by atoms with Crippen molar-refractivity contribution in [1.82, 2.24) is 20.0 Å². The first-order valence-electron chi connectivity index (χ1n) is 7.76. The highest BCUT2D eigenvalue weighted by atomic mass is 15.3. The second-order valence-corrected chi connectivity index (χ2v) is 5.62. The third-order valence-electron chi connectivity index (χ3n) is 4.00. The molecule has 0 aliphatic carbocycles. The second kappa shape index (κ2) is 7.65. The molecule has 1 aliphatic rings. The summed E-state index contributed by atoms with van der Waals surface area (Å²) in [4.78, 5) is 2.61. The summed E-state index contributed by atoms with van der Waals surface area (Å²) in [6.45, 7) is 10.1. The van der Waals surface area contributed by atoms with E-state index < -0.39 is 0 Å². The van der Waals surface area contributed by atoms with Crippen LogP contribution in [0.2, 0.25) is 0 Å². The number of hydrogen-bond donors (Lipinski definition) is 1. The van der Waals surface area contributed by atoms with Crippen LogP contribution in [0, 0.1) is 0 Å². The van der Waals surface area contributed by atoms with Gasteiger partial charge in [-0.05, 0) is 45.3 Å². The van der Waals surface area contributed by atoms with Gasteiger partial charge in [-0.1, -0.05) is 13.3 Å². The summed E-state index contributed by atoms with van der Waals surface area (Å²) in [5, 5.41) is 7.94. The van der Waals surface area contributed by atoms with Gasteiger partial charge in [-0.25, -0.2) is 0 Å². The fraction of sp³-hybridized carbons (Fsp3) is 0.800. The average Bonchev–Trinajstić information content (AvgIpc) is 2.88. The first kappa shape index (κ1) is 14.5. The molecule has 108 valence electrons. The van der Waals surface area contributed by atoms with E-state index in [1.54, 1.807) is 0 Å². The van der Waals surface area contributed by atoms with Crippen molar-refractivity contribution in [3.8, 4) is 0 Å². The van der Waals surface area contributed by atoms with Crippen LogP contribution in [-0.2, 0) is 13.1 Å². The van der Waals surface area contributed by atoms with Gasteiger partial charge in [0, 0.05) is 31.9 Å². The molecule has 0 saturated carbocycles. The molecule has 1 aromatic rings. The zero-order valence-corrected chi connectivity index (χ0v) is 12.4. The number of rotatable bonds is 7. The molecule has 1 atom stereocenters. The van der Waals surface area contributed by atoms with Gasteiger partial charge < -0.3 is 5.32 Å². The molecule has 0 radical (unpaired) electrons. The van der Waals surface area contributed by atoms with E-state index in [1.807, 2.05) is 6.20 Å². The lowest BCUT2D eigenvalue weighted by molar-refractivity contribution is 0.170. The summed E-state index contributed by atoms with van der Waals surface area (Å²) in [5.74, 6) is 0. The van der Waals surface area contributed by atoms with Crippen LogP contribution in [0.15, 0.2) is 12.3 Å². The van der Waals surface area contributed by atoms with Gasteiger partial charge in [-0.2, -0.15) is 5.10 Å². The highest BCUT2D eigenvalue weighted by Gasteiger charge is 2.16. The number of piperidine rings is 1. The van der Waals surface area contributed by atoms with Crippen LogP contribution in [-0.4, -0.2) is 40.4 Å². The van der Waals surface area contributed by atoms with Gasteiger partial charge in [-0.15, -0.1) is 0 Å². The standard InChI is InChI=1S/C15H28N4/c1-3-9-19-15(7-8-17-19)13-16-12-14(2)18-10-5-4-6-11-18/h7-8,14,16H,3-6,9-13H2,1-2H3. The van der Waals surface area contributed by atoms with Gasteiger partial charge in [-0.3, -0.25) is 9.58 Å². The number of hydrogen-bond acceptors (Lipinski definition) is 3. The SMILES string of the molecule is CCCn1nccc1CNCC(C)N1CCCCC1. The minimum Gasteiger partial charge on any atom is -0.310 e. The molecule has 1 N–H and O–H groups in total. The smallest absolute Gasteiger partial charge is 0.0522 e. The molecule has 0 aromatic carbocycles. The number of aryl methyl sites for hydroxylation is 1. The van der Waals surface area contributed by atoms with Crippen LogP contribution in [0.1, 0.15) is 45.2 Å². The summed E-state index contributed by atoms with van der Waals surface area (Å²) in [5.41, 5.74) is 1.30. The normalized spacial score (nSPS) is 18.6. The molecule has 1 aliphatic heterocycles. The topological polar surface area (TPSA) is 33.1 Å². The number of nitrogens with zero attached hydrogens (tertiary/aromatic N) is 3. The molecule has 0 amide bonds. The Bertz CT molecular complexity index is 355. The van der Waals surface area contributed by atoms with Crippen molar-refractivity contribution in [3.63, 3.8) is 0 Å². The highest BCUT2D eigenvalue weighted by molar-refractivity contribution is 5.00. The maximum atomic E-state index is 4.36. The molecule has 0 spiro atoms. The zero-order chi connectivity index (χ0) is 13.5. The quantitative estimate of drug-likeness (QED) is 0.820. The monoisotopic (exact) mass is 264 g/mol. The van der Waals surface area contributed by atoms with Crippen molar-refractivity contribution in [2.45, 2.75) is 58.7 Å². The summed E-state index contributed by atoms with van der Waals surface area (Å²) in [6.07, 6.45) is 7.19. The van der Waals surface area contributed by atoms with Crippen molar-refractivity contribution >= 4 is 0 Å². The molecule has 1 aromatic heterocycles. The summed E-state index contributed by atoms with van der Waals surface area (Å²) < 4.78 is 2.11. The van der Waals surface area contributed by atoms with Gasteiger partial charge in [0.25, 0.3) is 0 Å². The number of nitrogens with one attached hydrogen (secondary N) is 1. The van der Waals surface area contributed by atoms with E-state index in [0.717, 1.165) is 26.1 Å². The third kappa shape index (κ3) is 4.32. The Morgan fingerprint density at radius 2 is 2.11 bits per heavy atom. The second-order valence-electron chi connectivity index (χ2n) is 5.62. The average molecular weight is 264 g/mol. The predicted molar refractivity (Wildman–Crippen MR) is 79.1 cm³/mol. The lowest BCUT2D eigenvalue weighted by Crippen LogP contribution is -2.43. The molecule has 0 bridgehead atoms. The van der Waals surface area contributed by atoms with Gasteiger partial charge in [0.05, 0.1) is 5.69 Å². The molecule has 4 heteroatoms. The predicted octanol–water partition coefficient (Wildman–Crippen LogP) is 2.26. The maximum Gasteiger partial charge on any atom is 0.0522 e. The Kier molecular flexibility index (Phi) is 5.86. The van der Waals surface area contributed by atoms with Crippen LogP contribution in [0.4, 0.5) is 0 Å². The molecular weight excluding hydrogens is 236 g/mol. The minimum absolute atomic E-state index is 0.642. The van der Waals surface area contributed by atoms with Gasteiger partial charge in [0.15, 0.2) is 0 Å². The largest absolute Gasteiger partial charge is 0.310 e. The molecular formula is C15H28N4. The maximum absolute atomic E-state index is 4.36. The van der Waals surface area contributed by atoms with E-state index in [2.05, 4.69) is 39.9 Å². The van der Waals surface area contributed by atoms with Crippen LogP contribution in [0.25, 0.3) is 0 Å². The van der Waals surface area contributed by atoms with E-state index in [9.17, 15) is 0 Å². The molecule has 1 unspecified atom stereocenters. The Hall–Kier alpha value is -0.870. The van der Waals surface area contributed by atoms with Crippen LogP contribution >= 0.6 is 0 Å². The lowest BCUT2D eigenvalue weighted by Gasteiger charge is -2.32. The number of likely N-dealkylation sites (tertiary alicyclic amines) is 1. The third-order valence-corrected chi connectivity index (χ3v) is 4.00. The van der Waals surface area contributed by atoms with Crippen molar-refractivity contribution < 1.29 is 0 Å². The molecule has 1 fully saturated rings. The fourth-order valence-corrected chi connectivity index (χ4v) is 2.82. The van der Waals surface area contributed by atoms with Crippen molar-refractivity contribution in [2.24, 2.45) is 0 Å². The van der Waals surface area contributed by atoms with Crippen molar-refractivity contribution in [1.29, 1.82) is 0 Å². The molecule has 1 saturated heterocycles. The van der Waals surface area contributed by atoms with E-state index in [0.29, 0.717) is 6.04 Å². The summed E-state index contributed by atoms with van der Waals surface area (Å²) in [6, 6.07) is 2.76. The van der Waals surface area contributed by atoms with Crippen LogP contribution in [0.3, 0.4) is 0 Å². The van der Waals surface area contributed by atoms with Gasteiger partial charge >= 0.3 is 0 Å². The van der Waals surface area contributed by atoms with Crippen molar-refractivity contribution in [3.05, 3.63) is 18.0 Å². The Labute approximate surface area is 117 Å². The first-order chi connectivity index (χ1) is 9.31. The van der Waals surface area contributed by atoms with Gasteiger partial charge in [0.2, 0.25) is 0 Å². The van der Waals surface area contributed by atoms with E-state index in [4.69, 9.17) is 0 Å². The van der Waals surface area contributed by atoms with Gasteiger partial charge in [0.1, 0.15) is 0 Å². The lowest BCUT2D eigenvalue weighted by atomic mass is 10.1. The minimum atomic E-state index is 0.642. The molecule has 4 nitrogen and oxygen atoms in total. The van der Waals surface area contributed by atoms with Crippen LogP contribution < -0.4 is 5.32 Å². The van der Waals surface area contributed by atoms with E-state index >= 15 is 0 Å².